The zero-order valence-corrected chi connectivity index (χ0v) is 15.5. The van der Waals surface area contributed by atoms with Gasteiger partial charge in [0.1, 0.15) is 5.69 Å². The van der Waals surface area contributed by atoms with Crippen LogP contribution in [0.1, 0.15) is 37.0 Å². The molecule has 0 bridgehead atoms. The van der Waals surface area contributed by atoms with E-state index < -0.39 is 17.9 Å². The summed E-state index contributed by atoms with van der Waals surface area (Å²) in [6.45, 7) is 1.75. The molecule has 0 aliphatic rings. The van der Waals surface area contributed by atoms with Crippen LogP contribution in [0, 0.1) is 6.92 Å². The van der Waals surface area contributed by atoms with E-state index in [0.29, 0.717) is 11.4 Å². The highest BCUT2D eigenvalue weighted by Gasteiger charge is 2.04. The summed E-state index contributed by atoms with van der Waals surface area (Å²) in [7, 11) is 1.70. The van der Waals surface area contributed by atoms with E-state index in [0.717, 1.165) is 4.73 Å². The Morgan fingerprint density at radius 3 is 1.90 bits per heavy atom. The second-order valence-corrected chi connectivity index (χ2v) is 5.43. The van der Waals surface area contributed by atoms with Gasteiger partial charge in [0.25, 0.3) is 0 Å². The molecule has 29 heavy (non-hydrogen) atoms. The van der Waals surface area contributed by atoms with Gasteiger partial charge < -0.3 is 19.9 Å². The Kier molecular flexibility index (Phi) is 8.45. The van der Waals surface area contributed by atoms with E-state index in [4.69, 9.17) is 20.5 Å². The Hall–Kier alpha value is -4.28. The van der Waals surface area contributed by atoms with Gasteiger partial charge in [0, 0.05) is 36.3 Å². The van der Waals surface area contributed by atoms with E-state index in [1.807, 2.05) is 0 Å². The molecule has 0 aromatic carbocycles. The number of aryl methyl sites for hydroxylation is 2. The summed E-state index contributed by atoms with van der Waals surface area (Å²) in [5, 5.41) is 33.9. The fourth-order valence-corrected chi connectivity index (χ4v) is 1.75. The highest BCUT2D eigenvalue weighted by molar-refractivity contribution is 5.87. The quantitative estimate of drug-likeness (QED) is 0.370. The molecule has 0 atom stereocenters. The van der Waals surface area contributed by atoms with Crippen molar-refractivity contribution in [3.05, 3.63) is 77.9 Å². The fourth-order valence-electron chi connectivity index (χ4n) is 1.75. The minimum Gasteiger partial charge on any atom is -0.478 e. The highest BCUT2D eigenvalue weighted by Crippen LogP contribution is 1.97. The molecule has 0 spiro atoms. The van der Waals surface area contributed by atoms with Crippen LogP contribution in [-0.4, -0.2) is 53.0 Å². The van der Waals surface area contributed by atoms with Gasteiger partial charge in [0.2, 0.25) is 12.4 Å². The molecule has 11 nitrogen and oxygen atoms in total. The summed E-state index contributed by atoms with van der Waals surface area (Å²) >= 11 is 0. The lowest BCUT2D eigenvalue weighted by atomic mass is 10.3. The number of rotatable bonds is 3. The van der Waals surface area contributed by atoms with Crippen LogP contribution in [0.25, 0.3) is 0 Å². The molecule has 0 saturated carbocycles. The number of aromatic carboxylic acids is 3. The standard InChI is InChI=1S/C6H6N2O2.C6H5NO3.C6H7NO2/c1-4-2-8-5(3-7-4)6(9)10;8-6(9)5-1-3-7(10)4-2-5;1-7-4-2-3-5(7)6(8)9/h2-3H,1H3,(H,9,10);1-4H,(H-,8,9,10);2-4H,1H3,(H,8,9)/p+1. The summed E-state index contributed by atoms with van der Waals surface area (Å²) in [6.07, 6.45) is 6.86. The van der Waals surface area contributed by atoms with Crippen molar-refractivity contribution in [1.29, 1.82) is 0 Å². The van der Waals surface area contributed by atoms with Gasteiger partial charge in [-0.15, -0.1) is 0 Å². The van der Waals surface area contributed by atoms with Gasteiger partial charge in [-0.05, 0) is 19.1 Å². The van der Waals surface area contributed by atoms with Crippen molar-refractivity contribution in [2.24, 2.45) is 7.05 Å². The fraction of sp³-hybridized carbons (Fsp3) is 0.111. The first-order chi connectivity index (χ1) is 13.6. The maximum atomic E-state index is 10.3. The smallest absolute Gasteiger partial charge is 0.356 e. The van der Waals surface area contributed by atoms with Crippen LogP contribution in [-0.2, 0) is 7.05 Å². The minimum atomic E-state index is -1.05. The van der Waals surface area contributed by atoms with Crippen molar-refractivity contribution >= 4 is 17.9 Å². The number of pyridine rings is 1. The lowest BCUT2D eigenvalue weighted by Gasteiger charge is -1.93. The summed E-state index contributed by atoms with van der Waals surface area (Å²) < 4.78 is 2.34. The van der Waals surface area contributed by atoms with E-state index in [1.54, 1.807) is 36.9 Å². The third kappa shape index (κ3) is 7.86. The molecule has 0 aliphatic carbocycles. The lowest BCUT2D eigenvalue weighted by Crippen LogP contribution is -2.28. The molecule has 3 aromatic rings. The molecule has 0 unspecified atom stereocenters. The molecular weight excluding hydrogens is 384 g/mol. The molecule has 0 fully saturated rings. The van der Waals surface area contributed by atoms with Crippen LogP contribution in [0.2, 0.25) is 0 Å². The van der Waals surface area contributed by atoms with Gasteiger partial charge in [-0.2, -0.15) is 0 Å². The molecule has 0 aliphatic heterocycles. The van der Waals surface area contributed by atoms with Crippen molar-refractivity contribution in [2.45, 2.75) is 6.92 Å². The van der Waals surface area contributed by atoms with E-state index in [2.05, 4.69) is 9.97 Å². The molecule has 4 N–H and O–H groups in total. The number of hydrogen-bond acceptors (Lipinski definition) is 6. The van der Waals surface area contributed by atoms with Crippen LogP contribution in [0.3, 0.4) is 0 Å². The zero-order chi connectivity index (χ0) is 22.0. The van der Waals surface area contributed by atoms with Crippen molar-refractivity contribution in [1.82, 2.24) is 14.5 Å². The number of carbonyl (C=O) groups is 3. The predicted octanol–water partition coefficient (Wildman–Crippen LogP) is 1.12. The first-order valence-corrected chi connectivity index (χ1v) is 7.92. The molecule has 0 radical (unpaired) electrons. The van der Waals surface area contributed by atoms with Crippen LogP contribution < -0.4 is 4.73 Å². The van der Waals surface area contributed by atoms with Crippen molar-refractivity contribution in [3.63, 3.8) is 0 Å². The number of hydrogen-bond donors (Lipinski definition) is 4. The van der Waals surface area contributed by atoms with E-state index in [1.165, 1.54) is 36.9 Å². The van der Waals surface area contributed by atoms with Crippen molar-refractivity contribution < 1.29 is 39.6 Å². The van der Waals surface area contributed by atoms with Gasteiger partial charge in [-0.1, -0.05) is 0 Å². The Morgan fingerprint density at radius 1 is 0.931 bits per heavy atom. The minimum absolute atomic E-state index is 0.0226. The zero-order valence-electron chi connectivity index (χ0n) is 15.5. The van der Waals surface area contributed by atoms with E-state index >= 15 is 0 Å². The number of aromatic nitrogens is 4. The molecule has 152 valence electrons. The molecule has 3 heterocycles. The van der Waals surface area contributed by atoms with Crippen molar-refractivity contribution in [2.75, 3.05) is 0 Å². The van der Waals surface area contributed by atoms with E-state index in [-0.39, 0.29) is 11.3 Å². The molecule has 0 amide bonds. The Bertz CT molecular complexity index is 911. The maximum Gasteiger partial charge on any atom is 0.356 e. The topological polar surface area (TPSA) is 167 Å². The Morgan fingerprint density at radius 2 is 1.55 bits per heavy atom. The molecular formula is C18H19N4O7+. The summed E-state index contributed by atoms with van der Waals surface area (Å²) in [5.74, 6) is -2.93. The van der Waals surface area contributed by atoms with Gasteiger partial charge in [-0.3, -0.25) is 10.2 Å². The second kappa shape index (κ2) is 10.8. The average molecular weight is 403 g/mol. The molecule has 0 saturated heterocycles. The first kappa shape index (κ1) is 22.8. The average Bonchev–Trinajstić information content (AvgIpc) is 3.10. The number of nitrogens with zero attached hydrogens (tertiary/aromatic N) is 4. The first-order valence-electron chi connectivity index (χ1n) is 7.92. The maximum absolute atomic E-state index is 10.3. The third-order valence-electron chi connectivity index (χ3n) is 3.22. The van der Waals surface area contributed by atoms with Crippen LogP contribution in [0.5, 0.6) is 0 Å². The molecule has 3 aromatic heterocycles. The summed E-state index contributed by atoms with van der Waals surface area (Å²) in [6, 6.07) is 5.87. The van der Waals surface area contributed by atoms with E-state index in [9.17, 15) is 14.4 Å². The highest BCUT2D eigenvalue weighted by atomic mass is 16.5. The normalized spacial score (nSPS) is 9.31. The molecule has 11 heteroatoms. The number of carboxylic acid groups (broad SMARTS) is 3. The van der Waals surface area contributed by atoms with Gasteiger partial charge in [0.15, 0.2) is 5.69 Å². The Labute approximate surface area is 164 Å². The third-order valence-corrected chi connectivity index (χ3v) is 3.22. The SMILES string of the molecule is Cc1cnc(C(=O)O)cn1.Cn1cccc1C(=O)O.O=C(O)c1cc[n+](O)cc1. The number of carboxylic acids is 3. The second-order valence-electron chi connectivity index (χ2n) is 5.43. The Balaban J connectivity index is 0.000000218. The molecule has 3 rings (SSSR count). The lowest BCUT2D eigenvalue weighted by molar-refractivity contribution is -0.904. The summed E-state index contributed by atoms with van der Waals surface area (Å²) in [4.78, 5) is 38.1. The monoisotopic (exact) mass is 403 g/mol. The van der Waals surface area contributed by atoms with Gasteiger partial charge in [0.05, 0.1) is 17.5 Å². The largest absolute Gasteiger partial charge is 0.478 e. The van der Waals surface area contributed by atoms with Crippen molar-refractivity contribution in [3.8, 4) is 0 Å². The van der Waals surface area contributed by atoms with Gasteiger partial charge >= 0.3 is 17.9 Å². The van der Waals surface area contributed by atoms with Crippen LogP contribution in [0.4, 0.5) is 0 Å². The summed E-state index contributed by atoms with van der Waals surface area (Å²) in [5.41, 5.74) is 1.16. The van der Waals surface area contributed by atoms with Crippen LogP contribution >= 0.6 is 0 Å². The van der Waals surface area contributed by atoms with Gasteiger partial charge in [-0.25, -0.2) is 19.4 Å². The van der Waals surface area contributed by atoms with Crippen LogP contribution in [0.15, 0.2) is 55.2 Å². The predicted molar refractivity (Wildman–Crippen MR) is 96.9 cm³/mol.